The lowest BCUT2D eigenvalue weighted by Crippen LogP contribution is -2.06. The molecule has 2 aromatic carbocycles. The Labute approximate surface area is 130 Å². The van der Waals surface area contributed by atoms with Gasteiger partial charge >= 0.3 is 0 Å². The van der Waals surface area contributed by atoms with Crippen LogP contribution < -0.4 is 9.47 Å². The van der Waals surface area contributed by atoms with E-state index in [0.717, 1.165) is 5.56 Å². The van der Waals surface area contributed by atoms with Crippen LogP contribution in [0.2, 0.25) is 0 Å². The van der Waals surface area contributed by atoms with Crippen LogP contribution in [-0.2, 0) is 6.54 Å². The molecule has 23 heavy (non-hydrogen) atoms. The first-order chi connectivity index (χ1) is 11.2. The maximum atomic E-state index is 13.9. The van der Waals surface area contributed by atoms with Crippen molar-refractivity contribution in [2.75, 3.05) is 6.79 Å². The van der Waals surface area contributed by atoms with Crippen LogP contribution in [0.5, 0.6) is 11.5 Å². The van der Waals surface area contributed by atoms with Gasteiger partial charge < -0.3 is 14.0 Å². The van der Waals surface area contributed by atoms with Crippen molar-refractivity contribution in [3.63, 3.8) is 0 Å². The summed E-state index contributed by atoms with van der Waals surface area (Å²) in [4.78, 5) is 4.30. The summed E-state index contributed by atoms with van der Waals surface area (Å²) in [5.74, 6) is 0.628. The predicted molar refractivity (Wildman–Crippen MR) is 79.2 cm³/mol. The van der Waals surface area contributed by atoms with Crippen molar-refractivity contribution in [2.24, 2.45) is 0 Å². The van der Waals surface area contributed by atoms with E-state index in [9.17, 15) is 8.78 Å². The molecule has 0 amide bonds. The molecule has 0 radical (unpaired) electrons. The van der Waals surface area contributed by atoms with E-state index in [0.29, 0.717) is 17.3 Å². The maximum absolute atomic E-state index is 13.9. The number of hydrogen-bond donors (Lipinski definition) is 0. The third-order valence-electron chi connectivity index (χ3n) is 3.74. The van der Waals surface area contributed by atoms with Crippen LogP contribution in [0.4, 0.5) is 8.78 Å². The van der Waals surface area contributed by atoms with E-state index in [1.807, 2.05) is 12.1 Å². The number of aromatic nitrogens is 2. The van der Waals surface area contributed by atoms with E-state index in [1.54, 1.807) is 23.0 Å². The van der Waals surface area contributed by atoms with E-state index in [1.165, 1.54) is 18.2 Å². The Bertz CT molecular complexity index is 857. The van der Waals surface area contributed by atoms with Crippen molar-refractivity contribution < 1.29 is 18.3 Å². The van der Waals surface area contributed by atoms with Gasteiger partial charge in [0, 0.05) is 18.0 Å². The number of hydrogen-bond acceptors (Lipinski definition) is 3. The highest BCUT2D eigenvalue weighted by molar-refractivity contribution is 5.69. The Balaban J connectivity index is 1.77. The van der Waals surface area contributed by atoms with Crippen molar-refractivity contribution in [2.45, 2.75) is 6.54 Å². The van der Waals surface area contributed by atoms with E-state index >= 15 is 0 Å². The molecule has 0 atom stereocenters. The smallest absolute Gasteiger partial charge is 0.231 e. The predicted octanol–water partition coefficient (Wildman–Crippen LogP) is 3.61. The number of nitrogens with zero attached hydrogens (tertiary/aromatic N) is 2. The van der Waals surface area contributed by atoms with Crippen LogP contribution in [0.25, 0.3) is 11.4 Å². The number of para-hydroxylation sites is 1. The zero-order chi connectivity index (χ0) is 15.8. The van der Waals surface area contributed by atoms with Gasteiger partial charge in [0.15, 0.2) is 11.5 Å². The number of rotatable bonds is 3. The van der Waals surface area contributed by atoms with Crippen LogP contribution >= 0.6 is 0 Å². The summed E-state index contributed by atoms with van der Waals surface area (Å²) in [6.45, 7) is 0.188. The first-order valence-electron chi connectivity index (χ1n) is 7.07. The highest BCUT2D eigenvalue weighted by atomic mass is 19.1. The minimum Gasteiger partial charge on any atom is -0.454 e. The molecule has 0 saturated heterocycles. The van der Waals surface area contributed by atoms with E-state index in [4.69, 9.17) is 9.47 Å². The van der Waals surface area contributed by atoms with Crippen molar-refractivity contribution in [3.05, 3.63) is 66.0 Å². The molecule has 3 aromatic rings. The zero-order valence-electron chi connectivity index (χ0n) is 12.0. The molecule has 1 aliphatic heterocycles. The number of imidazole rings is 1. The summed E-state index contributed by atoms with van der Waals surface area (Å²) < 4.78 is 40.3. The summed E-state index contributed by atoms with van der Waals surface area (Å²) >= 11 is 0. The molecule has 116 valence electrons. The first-order valence-corrected chi connectivity index (χ1v) is 7.07. The van der Waals surface area contributed by atoms with Crippen molar-refractivity contribution in [3.8, 4) is 22.9 Å². The number of ether oxygens (including phenoxy) is 2. The zero-order valence-corrected chi connectivity index (χ0v) is 12.0. The molecule has 0 bridgehead atoms. The topological polar surface area (TPSA) is 36.3 Å². The fraction of sp³-hybridized carbons (Fsp3) is 0.118. The molecular formula is C17H12F2N2O2. The molecule has 0 N–H and O–H groups in total. The Morgan fingerprint density at radius 3 is 2.65 bits per heavy atom. The van der Waals surface area contributed by atoms with Gasteiger partial charge in [-0.3, -0.25) is 0 Å². The third kappa shape index (κ3) is 2.32. The molecule has 6 heteroatoms. The lowest BCUT2D eigenvalue weighted by Gasteiger charge is -2.11. The fourth-order valence-electron chi connectivity index (χ4n) is 2.64. The van der Waals surface area contributed by atoms with Crippen LogP contribution in [0.1, 0.15) is 5.56 Å². The molecule has 0 spiro atoms. The van der Waals surface area contributed by atoms with Gasteiger partial charge in [-0.1, -0.05) is 12.1 Å². The highest BCUT2D eigenvalue weighted by Crippen LogP contribution is 2.40. The van der Waals surface area contributed by atoms with Crippen LogP contribution in [-0.4, -0.2) is 16.3 Å². The second-order valence-electron chi connectivity index (χ2n) is 5.12. The monoisotopic (exact) mass is 314 g/mol. The molecular weight excluding hydrogens is 302 g/mol. The maximum Gasteiger partial charge on any atom is 0.231 e. The van der Waals surface area contributed by atoms with E-state index in [2.05, 4.69) is 4.98 Å². The summed E-state index contributed by atoms with van der Waals surface area (Å²) in [6, 6.07) is 9.29. The molecule has 0 unspecified atom stereocenters. The van der Waals surface area contributed by atoms with Crippen molar-refractivity contribution in [1.29, 1.82) is 0 Å². The standard InChI is InChI=1S/C17H12F2N2O2/c18-13-4-2-5-14(19)12(13)9-21-8-7-20-17(21)11-3-1-6-15-16(11)23-10-22-15/h1-8H,9-10H2. The average molecular weight is 314 g/mol. The fourth-order valence-corrected chi connectivity index (χ4v) is 2.64. The van der Waals surface area contributed by atoms with E-state index in [-0.39, 0.29) is 18.9 Å². The Kier molecular flexibility index (Phi) is 3.22. The van der Waals surface area contributed by atoms with Gasteiger partial charge in [-0.2, -0.15) is 0 Å². The normalized spacial score (nSPS) is 12.6. The first kappa shape index (κ1) is 13.8. The van der Waals surface area contributed by atoms with Crippen molar-refractivity contribution >= 4 is 0 Å². The summed E-state index contributed by atoms with van der Waals surface area (Å²) in [5.41, 5.74) is 0.721. The Hall–Kier alpha value is -2.89. The van der Waals surface area contributed by atoms with Gasteiger partial charge in [0.05, 0.1) is 12.1 Å². The van der Waals surface area contributed by atoms with Gasteiger partial charge in [-0.15, -0.1) is 0 Å². The molecule has 0 saturated carbocycles. The van der Waals surface area contributed by atoms with Gasteiger partial charge in [0.1, 0.15) is 17.5 Å². The Morgan fingerprint density at radius 2 is 1.83 bits per heavy atom. The number of benzene rings is 2. The second-order valence-corrected chi connectivity index (χ2v) is 5.12. The number of fused-ring (bicyclic) bond motifs is 1. The van der Waals surface area contributed by atoms with Crippen LogP contribution in [0, 0.1) is 11.6 Å². The lowest BCUT2D eigenvalue weighted by molar-refractivity contribution is 0.174. The molecule has 0 aliphatic carbocycles. The van der Waals surface area contributed by atoms with Gasteiger partial charge in [-0.05, 0) is 24.3 Å². The molecule has 4 nitrogen and oxygen atoms in total. The quantitative estimate of drug-likeness (QED) is 0.741. The van der Waals surface area contributed by atoms with Gasteiger partial charge in [0.2, 0.25) is 6.79 Å². The summed E-state index contributed by atoms with van der Waals surface area (Å²) in [6.07, 6.45) is 3.26. The number of halogens is 2. The molecule has 2 heterocycles. The summed E-state index contributed by atoms with van der Waals surface area (Å²) in [5, 5.41) is 0. The average Bonchev–Trinajstić information content (AvgIpc) is 3.19. The molecule has 1 aliphatic rings. The van der Waals surface area contributed by atoms with E-state index < -0.39 is 11.6 Å². The lowest BCUT2D eigenvalue weighted by atomic mass is 10.1. The minimum atomic E-state index is -0.581. The van der Waals surface area contributed by atoms with Crippen LogP contribution in [0.15, 0.2) is 48.8 Å². The largest absolute Gasteiger partial charge is 0.454 e. The molecule has 0 fully saturated rings. The second kappa shape index (κ2) is 5.39. The van der Waals surface area contributed by atoms with Crippen LogP contribution in [0.3, 0.4) is 0 Å². The Morgan fingerprint density at radius 1 is 1.04 bits per heavy atom. The van der Waals surface area contributed by atoms with Gasteiger partial charge in [0.25, 0.3) is 0 Å². The SMILES string of the molecule is Fc1cccc(F)c1Cn1ccnc1-c1cccc2c1OCO2. The molecule has 4 rings (SSSR count). The van der Waals surface area contributed by atoms with Crippen molar-refractivity contribution in [1.82, 2.24) is 9.55 Å². The minimum absolute atomic E-state index is 0.00325. The molecule has 1 aromatic heterocycles. The van der Waals surface area contributed by atoms with Gasteiger partial charge in [-0.25, -0.2) is 13.8 Å². The summed E-state index contributed by atoms with van der Waals surface area (Å²) in [7, 11) is 0. The third-order valence-corrected chi connectivity index (χ3v) is 3.74. The highest BCUT2D eigenvalue weighted by Gasteiger charge is 2.21.